The van der Waals surface area contributed by atoms with Crippen LogP contribution in [0.15, 0.2) is 23.0 Å². The van der Waals surface area contributed by atoms with Gasteiger partial charge >= 0.3 is 5.97 Å². The fourth-order valence-corrected chi connectivity index (χ4v) is 0.935. The van der Waals surface area contributed by atoms with E-state index in [4.69, 9.17) is 9.52 Å². The van der Waals surface area contributed by atoms with E-state index in [1.165, 1.54) is 0 Å². The van der Waals surface area contributed by atoms with Gasteiger partial charge in [0.15, 0.2) is 0 Å². The van der Waals surface area contributed by atoms with Crippen molar-refractivity contribution in [1.82, 2.24) is 0 Å². The van der Waals surface area contributed by atoms with E-state index >= 15 is 0 Å². The van der Waals surface area contributed by atoms with E-state index in [2.05, 4.69) is 0 Å². The summed E-state index contributed by atoms with van der Waals surface area (Å²) in [7, 11) is 0. The van der Waals surface area contributed by atoms with Crippen molar-refractivity contribution < 1.29 is 14.3 Å². The summed E-state index contributed by atoms with van der Waals surface area (Å²) in [6.45, 7) is 1.86. The summed E-state index contributed by atoms with van der Waals surface area (Å²) in [6, 6.07) is 1.79. The first-order chi connectivity index (χ1) is 5.20. The fourth-order valence-electron chi connectivity index (χ4n) is 0.935. The Balaban J connectivity index is 2.56. The van der Waals surface area contributed by atoms with Crippen molar-refractivity contribution in [3.8, 4) is 0 Å². The molecule has 1 heterocycles. The molecule has 0 saturated heterocycles. The quantitative estimate of drug-likeness (QED) is 0.722. The molecule has 1 aromatic heterocycles. The molecule has 0 amide bonds. The maximum atomic E-state index is 10.3. The summed E-state index contributed by atoms with van der Waals surface area (Å²) in [5, 5.41) is 8.45. The average Bonchev–Trinajstić information content (AvgIpc) is 2.35. The van der Waals surface area contributed by atoms with E-state index in [-0.39, 0.29) is 12.3 Å². The van der Waals surface area contributed by atoms with Gasteiger partial charge in [-0.05, 0) is 17.5 Å². The first kappa shape index (κ1) is 7.85. The zero-order valence-electron chi connectivity index (χ0n) is 6.28. The normalized spacial score (nSPS) is 12.8. The molecule has 1 rings (SSSR count). The predicted octanol–water partition coefficient (Wildman–Crippen LogP) is 1.86. The van der Waals surface area contributed by atoms with Crippen LogP contribution in [0.25, 0.3) is 0 Å². The van der Waals surface area contributed by atoms with Crippen molar-refractivity contribution in [2.45, 2.75) is 19.3 Å². The lowest BCUT2D eigenvalue weighted by Crippen LogP contribution is -2.01. The number of hydrogen-bond acceptors (Lipinski definition) is 2. The molecule has 0 spiro atoms. The molecule has 1 atom stereocenters. The Morgan fingerprint density at radius 1 is 1.82 bits per heavy atom. The van der Waals surface area contributed by atoms with Gasteiger partial charge in [-0.1, -0.05) is 6.92 Å². The minimum Gasteiger partial charge on any atom is -0.481 e. The topological polar surface area (TPSA) is 50.4 Å². The zero-order chi connectivity index (χ0) is 8.27. The predicted molar refractivity (Wildman–Crippen MR) is 39.4 cm³/mol. The van der Waals surface area contributed by atoms with Crippen LogP contribution in [0.1, 0.15) is 24.8 Å². The van der Waals surface area contributed by atoms with Crippen molar-refractivity contribution >= 4 is 5.97 Å². The van der Waals surface area contributed by atoms with Crippen molar-refractivity contribution in [2.75, 3.05) is 0 Å². The molecule has 0 saturated carbocycles. The Hall–Kier alpha value is -1.25. The fraction of sp³-hybridized carbons (Fsp3) is 0.375. The van der Waals surface area contributed by atoms with Crippen LogP contribution in [0.4, 0.5) is 0 Å². The molecule has 0 fully saturated rings. The van der Waals surface area contributed by atoms with Crippen molar-refractivity contribution in [1.29, 1.82) is 0 Å². The molecular formula is C8H10O3. The van der Waals surface area contributed by atoms with Crippen LogP contribution in [0.3, 0.4) is 0 Å². The lowest BCUT2D eigenvalue weighted by Gasteiger charge is -2.03. The van der Waals surface area contributed by atoms with Crippen LogP contribution < -0.4 is 0 Å². The van der Waals surface area contributed by atoms with Crippen LogP contribution in [0.2, 0.25) is 0 Å². The molecule has 0 aromatic carbocycles. The SMILES string of the molecule is CC(CC(=O)O)c1ccoc1. The summed E-state index contributed by atoms with van der Waals surface area (Å²) in [5.41, 5.74) is 0.937. The molecule has 3 nitrogen and oxygen atoms in total. The molecular weight excluding hydrogens is 144 g/mol. The van der Waals surface area contributed by atoms with E-state index in [0.29, 0.717) is 0 Å². The maximum absolute atomic E-state index is 10.3. The van der Waals surface area contributed by atoms with Gasteiger partial charge in [0, 0.05) is 0 Å². The number of rotatable bonds is 3. The summed E-state index contributed by atoms with van der Waals surface area (Å²) in [6.07, 6.45) is 3.28. The van der Waals surface area contributed by atoms with Crippen LogP contribution >= 0.6 is 0 Å². The summed E-state index contributed by atoms with van der Waals surface area (Å²) >= 11 is 0. The summed E-state index contributed by atoms with van der Waals surface area (Å²) in [5.74, 6) is -0.745. The molecule has 3 heteroatoms. The number of aliphatic carboxylic acids is 1. The third-order valence-electron chi connectivity index (χ3n) is 1.59. The highest BCUT2D eigenvalue weighted by molar-refractivity contribution is 5.67. The number of furan rings is 1. The minimum atomic E-state index is -0.779. The van der Waals surface area contributed by atoms with E-state index in [1.54, 1.807) is 18.6 Å². The Labute approximate surface area is 64.6 Å². The summed E-state index contributed by atoms with van der Waals surface area (Å²) in [4.78, 5) is 10.3. The molecule has 1 aromatic rings. The lowest BCUT2D eigenvalue weighted by molar-refractivity contribution is -0.137. The first-order valence-electron chi connectivity index (χ1n) is 3.44. The van der Waals surface area contributed by atoms with Gasteiger partial charge in [0.25, 0.3) is 0 Å². The second-order valence-electron chi connectivity index (χ2n) is 2.56. The summed E-state index contributed by atoms with van der Waals surface area (Å²) < 4.78 is 4.82. The number of carboxylic acids is 1. The smallest absolute Gasteiger partial charge is 0.303 e. The van der Waals surface area contributed by atoms with Crippen molar-refractivity contribution in [3.05, 3.63) is 24.2 Å². The number of carboxylic acid groups (broad SMARTS) is 1. The molecule has 0 radical (unpaired) electrons. The van der Waals surface area contributed by atoms with Crippen LogP contribution in [-0.2, 0) is 4.79 Å². The van der Waals surface area contributed by atoms with Gasteiger partial charge in [0.05, 0.1) is 18.9 Å². The average molecular weight is 154 g/mol. The molecule has 1 N–H and O–H groups in total. The zero-order valence-corrected chi connectivity index (χ0v) is 6.28. The van der Waals surface area contributed by atoms with Gasteiger partial charge in [-0.25, -0.2) is 0 Å². The highest BCUT2D eigenvalue weighted by Gasteiger charge is 2.10. The third-order valence-corrected chi connectivity index (χ3v) is 1.59. The largest absolute Gasteiger partial charge is 0.481 e. The van der Waals surface area contributed by atoms with Crippen molar-refractivity contribution in [3.63, 3.8) is 0 Å². The van der Waals surface area contributed by atoms with E-state index in [0.717, 1.165) is 5.56 Å². The molecule has 0 aliphatic carbocycles. The Morgan fingerprint density at radius 3 is 3.00 bits per heavy atom. The van der Waals surface area contributed by atoms with Crippen LogP contribution in [0.5, 0.6) is 0 Å². The van der Waals surface area contributed by atoms with Crippen molar-refractivity contribution in [2.24, 2.45) is 0 Å². The Morgan fingerprint density at radius 2 is 2.55 bits per heavy atom. The minimum absolute atomic E-state index is 0.0336. The Kier molecular flexibility index (Phi) is 2.31. The highest BCUT2D eigenvalue weighted by Crippen LogP contribution is 2.18. The number of carbonyl (C=O) groups is 1. The van der Waals surface area contributed by atoms with E-state index in [1.807, 2.05) is 6.92 Å². The van der Waals surface area contributed by atoms with Gasteiger partial charge < -0.3 is 9.52 Å². The molecule has 0 aliphatic heterocycles. The van der Waals surface area contributed by atoms with Gasteiger partial charge in [-0.3, -0.25) is 4.79 Å². The Bertz CT molecular complexity index is 225. The monoisotopic (exact) mass is 154 g/mol. The van der Waals surface area contributed by atoms with E-state index in [9.17, 15) is 4.79 Å². The molecule has 0 aliphatic rings. The van der Waals surface area contributed by atoms with Crippen LogP contribution in [0, 0.1) is 0 Å². The molecule has 1 unspecified atom stereocenters. The third kappa shape index (κ3) is 2.11. The van der Waals surface area contributed by atoms with E-state index < -0.39 is 5.97 Å². The van der Waals surface area contributed by atoms with Gasteiger partial charge in [-0.2, -0.15) is 0 Å². The molecule has 11 heavy (non-hydrogen) atoms. The lowest BCUT2D eigenvalue weighted by atomic mass is 10.0. The molecule has 0 bridgehead atoms. The van der Waals surface area contributed by atoms with Crippen LogP contribution in [-0.4, -0.2) is 11.1 Å². The second-order valence-corrected chi connectivity index (χ2v) is 2.56. The maximum Gasteiger partial charge on any atom is 0.303 e. The highest BCUT2D eigenvalue weighted by atomic mass is 16.4. The standard InChI is InChI=1S/C8H10O3/c1-6(4-8(9)10)7-2-3-11-5-7/h2-3,5-6H,4H2,1H3,(H,9,10). The van der Waals surface area contributed by atoms with Gasteiger partial charge in [0.1, 0.15) is 0 Å². The molecule has 60 valence electrons. The second kappa shape index (κ2) is 3.23. The van der Waals surface area contributed by atoms with Gasteiger partial charge in [0.2, 0.25) is 0 Å². The number of hydrogen-bond donors (Lipinski definition) is 1. The first-order valence-corrected chi connectivity index (χ1v) is 3.44. The van der Waals surface area contributed by atoms with Gasteiger partial charge in [-0.15, -0.1) is 0 Å².